The van der Waals surface area contributed by atoms with Gasteiger partial charge in [0, 0.05) is 12.3 Å². The zero-order chi connectivity index (χ0) is 17.1. The van der Waals surface area contributed by atoms with Crippen molar-refractivity contribution < 1.29 is 4.42 Å². The second-order valence-corrected chi connectivity index (χ2v) is 6.80. The number of aromatic nitrogens is 3. The van der Waals surface area contributed by atoms with E-state index < -0.39 is 0 Å². The summed E-state index contributed by atoms with van der Waals surface area (Å²) in [5.74, 6) is 2.42. The maximum absolute atomic E-state index is 5.51. The van der Waals surface area contributed by atoms with Crippen LogP contribution in [-0.2, 0) is 12.3 Å². The normalized spacial score (nSPS) is 11.2. The third-order valence-corrected chi connectivity index (χ3v) is 5.16. The van der Waals surface area contributed by atoms with E-state index in [1.54, 1.807) is 18.0 Å². The zero-order valence-corrected chi connectivity index (χ0v) is 14.9. The summed E-state index contributed by atoms with van der Waals surface area (Å²) in [6.07, 6.45) is 2.69. The molecule has 0 atom stereocenters. The van der Waals surface area contributed by atoms with Crippen LogP contribution in [0.5, 0.6) is 0 Å². The zero-order valence-electron chi connectivity index (χ0n) is 14.1. The summed E-state index contributed by atoms with van der Waals surface area (Å²) in [4.78, 5) is 0. The summed E-state index contributed by atoms with van der Waals surface area (Å²) < 4.78 is 7.66. The number of hydrogen-bond acceptors (Lipinski definition) is 4. The molecule has 2 aromatic heterocycles. The van der Waals surface area contributed by atoms with Gasteiger partial charge in [-0.15, -0.1) is 10.2 Å². The maximum atomic E-state index is 5.51. The van der Waals surface area contributed by atoms with Crippen LogP contribution < -0.4 is 0 Å². The average molecular weight is 349 g/mol. The molecule has 0 N–H and O–H groups in total. The quantitative estimate of drug-likeness (QED) is 0.438. The van der Waals surface area contributed by atoms with E-state index in [4.69, 9.17) is 4.42 Å². The second kappa shape index (κ2) is 7.15. The van der Waals surface area contributed by atoms with Gasteiger partial charge in [-0.05, 0) is 34.9 Å². The highest BCUT2D eigenvalue weighted by molar-refractivity contribution is 7.98. The molecule has 0 saturated heterocycles. The van der Waals surface area contributed by atoms with Gasteiger partial charge in [0.15, 0.2) is 16.7 Å². The molecule has 4 nitrogen and oxygen atoms in total. The Morgan fingerprint density at radius 2 is 1.88 bits per heavy atom. The Balaban J connectivity index is 1.62. The van der Waals surface area contributed by atoms with Crippen LogP contribution in [-0.4, -0.2) is 14.8 Å². The number of fused-ring (bicyclic) bond motifs is 1. The molecule has 0 bridgehead atoms. The van der Waals surface area contributed by atoms with E-state index in [9.17, 15) is 0 Å². The average Bonchev–Trinajstić information content (AvgIpc) is 3.30. The van der Waals surface area contributed by atoms with E-state index in [2.05, 4.69) is 64.2 Å². The van der Waals surface area contributed by atoms with Gasteiger partial charge in [0.1, 0.15) is 0 Å². The fraction of sp³-hybridized carbons (Fsp3) is 0.200. The van der Waals surface area contributed by atoms with Crippen LogP contribution in [0.25, 0.3) is 22.4 Å². The van der Waals surface area contributed by atoms with Gasteiger partial charge in [-0.3, -0.25) is 4.57 Å². The van der Waals surface area contributed by atoms with Gasteiger partial charge in [0.2, 0.25) is 0 Å². The molecule has 0 radical (unpaired) electrons. The van der Waals surface area contributed by atoms with E-state index in [1.807, 2.05) is 12.1 Å². The van der Waals surface area contributed by atoms with Crippen molar-refractivity contribution in [3.8, 4) is 11.6 Å². The largest absolute Gasteiger partial charge is 0.461 e. The molecule has 0 spiro atoms. The lowest BCUT2D eigenvalue weighted by molar-refractivity contribution is 0.559. The summed E-state index contributed by atoms with van der Waals surface area (Å²) in [7, 11) is 0. The maximum Gasteiger partial charge on any atom is 0.200 e. The standard InChI is InChI=1S/C20H19N3OS/c1-2-12-23-19(18-11-6-13-24-18)21-22-20(23)25-14-16-9-5-8-15-7-3-4-10-17(15)16/h3-11,13H,2,12,14H2,1H3. The summed E-state index contributed by atoms with van der Waals surface area (Å²) in [6, 6.07) is 18.7. The number of nitrogens with zero attached hydrogens (tertiary/aromatic N) is 3. The molecule has 4 rings (SSSR count). The molecular formula is C20H19N3OS. The lowest BCUT2D eigenvalue weighted by Crippen LogP contribution is -2.01. The third-order valence-electron chi connectivity index (χ3n) is 4.14. The van der Waals surface area contributed by atoms with Crippen LogP contribution in [0.15, 0.2) is 70.4 Å². The highest BCUT2D eigenvalue weighted by atomic mass is 32.2. The number of furan rings is 1. The first kappa shape index (κ1) is 16.0. The van der Waals surface area contributed by atoms with E-state index >= 15 is 0 Å². The van der Waals surface area contributed by atoms with E-state index in [0.29, 0.717) is 0 Å². The first-order chi connectivity index (χ1) is 12.4. The van der Waals surface area contributed by atoms with Crippen molar-refractivity contribution in [3.05, 3.63) is 66.4 Å². The molecular weight excluding hydrogens is 330 g/mol. The smallest absolute Gasteiger partial charge is 0.200 e. The Bertz CT molecular complexity index is 970. The Kier molecular flexibility index (Phi) is 4.57. The van der Waals surface area contributed by atoms with Crippen molar-refractivity contribution in [3.63, 3.8) is 0 Å². The van der Waals surface area contributed by atoms with Crippen LogP contribution in [0.3, 0.4) is 0 Å². The molecule has 0 saturated carbocycles. The first-order valence-corrected chi connectivity index (χ1v) is 9.42. The fourth-order valence-corrected chi connectivity index (χ4v) is 3.94. The first-order valence-electron chi connectivity index (χ1n) is 8.43. The Labute approximate surface area is 150 Å². The van der Waals surface area contributed by atoms with E-state index in [-0.39, 0.29) is 0 Å². The van der Waals surface area contributed by atoms with Gasteiger partial charge in [0.25, 0.3) is 0 Å². The van der Waals surface area contributed by atoms with Crippen molar-refractivity contribution >= 4 is 22.5 Å². The van der Waals surface area contributed by atoms with Crippen LogP contribution >= 0.6 is 11.8 Å². The predicted octanol–water partition coefficient (Wildman–Crippen LogP) is 5.39. The second-order valence-electron chi connectivity index (χ2n) is 5.86. The lowest BCUT2D eigenvalue weighted by Gasteiger charge is -2.09. The molecule has 126 valence electrons. The topological polar surface area (TPSA) is 43.9 Å². The number of benzene rings is 2. The van der Waals surface area contributed by atoms with Gasteiger partial charge < -0.3 is 4.42 Å². The monoisotopic (exact) mass is 349 g/mol. The van der Waals surface area contributed by atoms with Gasteiger partial charge in [-0.2, -0.15) is 0 Å². The van der Waals surface area contributed by atoms with Crippen molar-refractivity contribution in [2.45, 2.75) is 30.8 Å². The van der Waals surface area contributed by atoms with Crippen molar-refractivity contribution in [2.24, 2.45) is 0 Å². The summed E-state index contributed by atoms with van der Waals surface area (Å²) in [5, 5.41) is 12.3. The van der Waals surface area contributed by atoms with Crippen molar-refractivity contribution in [1.82, 2.24) is 14.8 Å². The van der Waals surface area contributed by atoms with Crippen LogP contribution in [0, 0.1) is 0 Å². The number of thioether (sulfide) groups is 1. The molecule has 0 fully saturated rings. The predicted molar refractivity (Wildman–Crippen MR) is 102 cm³/mol. The SMILES string of the molecule is CCCn1c(SCc2cccc3ccccc23)nnc1-c1ccco1. The van der Waals surface area contributed by atoms with Crippen LogP contribution in [0.4, 0.5) is 0 Å². The Hall–Kier alpha value is -2.53. The molecule has 2 aromatic carbocycles. The minimum atomic E-state index is 0.762. The molecule has 5 heteroatoms. The molecule has 0 amide bonds. The molecule has 25 heavy (non-hydrogen) atoms. The number of hydrogen-bond donors (Lipinski definition) is 0. The van der Waals surface area contributed by atoms with E-state index in [0.717, 1.165) is 35.5 Å². The summed E-state index contributed by atoms with van der Waals surface area (Å²) >= 11 is 1.72. The molecule has 2 heterocycles. The van der Waals surface area contributed by atoms with Crippen LogP contribution in [0.1, 0.15) is 18.9 Å². The van der Waals surface area contributed by atoms with Crippen LogP contribution in [0.2, 0.25) is 0 Å². The molecule has 0 unspecified atom stereocenters. The van der Waals surface area contributed by atoms with Crippen molar-refractivity contribution in [1.29, 1.82) is 0 Å². The van der Waals surface area contributed by atoms with Gasteiger partial charge >= 0.3 is 0 Å². The molecule has 4 aromatic rings. The minimum absolute atomic E-state index is 0.762. The molecule has 0 aliphatic heterocycles. The van der Waals surface area contributed by atoms with E-state index in [1.165, 1.54) is 16.3 Å². The fourth-order valence-electron chi connectivity index (χ4n) is 2.97. The molecule has 0 aliphatic carbocycles. The summed E-state index contributed by atoms with van der Waals surface area (Å²) in [6.45, 7) is 3.03. The van der Waals surface area contributed by atoms with Gasteiger partial charge in [-0.25, -0.2) is 0 Å². The third kappa shape index (κ3) is 3.20. The lowest BCUT2D eigenvalue weighted by atomic mass is 10.1. The minimum Gasteiger partial charge on any atom is -0.461 e. The Morgan fingerprint density at radius 1 is 1.00 bits per heavy atom. The highest BCUT2D eigenvalue weighted by Gasteiger charge is 2.16. The molecule has 0 aliphatic rings. The Morgan fingerprint density at radius 3 is 2.72 bits per heavy atom. The van der Waals surface area contributed by atoms with Gasteiger partial charge in [0.05, 0.1) is 6.26 Å². The highest BCUT2D eigenvalue weighted by Crippen LogP contribution is 2.29. The number of rotatable bonds is 6. The summed E-state index contributed by atoms with van der Waals surface area (Å²) in [5.41, 5.74) is 1.31. The van der Waals surface area contributed by atoms with Gasteiger partial charge in [-0.1, -0.05) is 61.2 Å². The van der Waals surface area contributed by atoms with Crippen molar-refractivity contribution in [2.75, 3.05) is 0 Å².